The molecule has 0 fully saturated rings. The van der Waals surface area contributed by atoms with Crippen LogP contribution in [0.1, 0.15) is 12.0 Å². The molecule has 0 spiro atoms. The van der Waals surface area contributed by atoms with Gasteiger partial charge in [-0.05, 0) is 24.1 Å². The standard InChI is InChI=1S/C12H18FNO3S/c1-18(16,17)6-5-12(8-14,9-15)10-3-2-4-11(13)7-10/h2-4,7,15H,5-6,8-9,14H2,1H3. The number of nitrogens with two attached hydrogens (primary N) is 1. The normalized spacial score (nSPS) is 15.3. The molecule has 0 aliphatic carbocycles. The average molecular weight is 275 g/mol. The van der Waals surface area contributed by atoms with Crippen LogP contribution in [-0.2, 0) is 15.3 Å². The molecule has 1 rings (SSSR count). The van der Waals surface area contributed by atoms with E-state index in [1.165, 1.54) is 18.2 Å². The molecule has 0 saturated heterocycles. The molecule has 1 aromatic carbocycles. The van der Waals surface area contributed by atoms with Gasteiger partial charge in [0.05, 0.1) is 12.4 Å². The van der Waals surface area contributed by atoms with Gasteiger partial charge in [-0.1, -0.05) is 12.1 Å². The molecule has 1 atom stereocenters. The van der Waals surface area contributed by atoms with Crippen molar-refractivity contribution in [2.75, 3.05) is 25.2 Å². The zero-order valence-corrected chi connectivity index (χ0v) is 11.1. The predicted molar refractivity (Wildman–Crippen MR) is 68.5 cm³/mol. The number of aliphatic hydroxyl groups is 1. The highest BCUT2D eigenvalue weighted by Gasteiger charge is 2.31. The fourth-order valence-electron chi connectivity index (χ4n) is 1.80. The summed E-state index contributed by atoms with van der Waals surface area (Å²) >= 11 is 0. The quantitative estimate of drug-likeness (QED) is 0.790. The van der Waals surface area contributed by atoms with Gasteiger partial charge in [0.2, 0.25) is 0 Å². The number of hydrogen-bond acceptors (Lipinski definition) is 4. The van der Waals surface area contributed by atoms with E-state index in [0.717, 1.165) is 6.26 Å². The third-order valence-electron chi connectivity index (χ3n) is 3.08. The van der Waals surface area contributed by atoms with Crippen molar-refractivity contribution in [3.8, 4) is 0 Å². The maximum Gasteiger partial charge on any atom is 0.147 e. The zero-order chi connectivity index (χ0) is 13.8. The Kier molecular flexibility index (Phi) is 4.84. The third kappa shape index (κ3) is 3.76. The van der Waals surface area contributed by atoms with Crippen molar-refractivity contribution in [1.29, 1.82) is 0 Å². The minimum Gasteiger partial charge on any atom is -0.395 e. The maximum atomic E-state index is 13.2. The van der Waals surface area contributed by atoms with E-state index in [1.807, 2.05) is 0 Å². The summed E-state index contributed by atoms with van der Waals surface area (Å²) in [5, 5.41) is 9.52. The van der Waals surface area contributed by atoms with Gasteiger partial charge in [0.1, 0.15) is 15.7 Å². The molecule has 102 valence electrons. The topological polar surface area (TPSA) is 80.4 Å². The minimum absolute atomic E-state index is 0.0580. The van der Waals surface area contributed by atoms with Crippen molar-refractivity contribution in [3.05, 3.63) is 35.6 Å². The van der Waals surface area contributed by atoms with Gasteiger partial charge in [0.25, 0.3) is 0 Å². The Morgan fingerprint density at radius 3 is 2.56 bits per heavy atom. The van der Waals surface area contributed by atoms with Crippen LogP contribution in [0.25, 0.3) is 0 Å². The third-order valence-corrected chi connectivity index (χ3v) is 4.03. The molecular weight excluding hydrogens is 257 g/mol. The van der Waals surface area contributed by atoms with Crippen LogP contribution in [0.2, 0.25) is 0 Å². The highest BCUT2D eigenvalue weighted by atomic mass is 32.2. The zero-order valence-electron chi connectivity index (χ0n) is 10.3. The summed E-state index contributed by atoms with van der Waals surface area (Å²) in [6, 6.07) is 5.74. The Morgan fingerprint density at radius 1 is 1.44 bits per heavy atom. The SMILES string of the molecule is CS(=O)(=O)CCC(CN)(CO)c1cccc(F)c1. The molecule has 4 nitrogen and oxygen atoms in total. The summed E-state index contributed by atoms with van der Waals surface area (Å²) in [5.41, 5.74) is 5.27. The lowest BCUT2D eigenvalue weighted by atomic mass is 9.79. The summed E-state index contributed by atoms with van der Waals surface area (Å²) < 4.78 is 35.6. The van der Waals surface area contributed by atoms with Gasteiger partial charge < -0.3 is 10.8 Å². The summed E-state index contributed by atoms with van der Waals surface area (Å²) in [4.78, 5) is 0. The molecule has 1 aromatic rings. The Labute approximate surface area is 107 Å². The van der Waals surface area contributed by atoms with Gasteiger partial charge in [-0.15, -0.1) is 0 Å². The Morgan fingerprint density at radius 2 is 2.11 bits per heavy atom. The highest BCUT2D eigenvalue weighted by Crippen LogP contribution is 2.27. The number of rotatable bonds is 6. The largest absolute Gasteiger partial charge is 0.395 e. The summed E-state index contributed by atoms with van der Waals surface area (Å²) in [6.45, 7) is -0.259. The lowest BCUT2D eigenvalue weighted by molar-refractivity contribution is 0.193. The fourth-order valence-corrected chi connectivity index (χ4v) is 2.56. The van der Waals surface area contributed by atoms with Crippen LogP contribution in [0, 0.1) is 5.82 Å². The number of benzene rings is 1. The Hall–Kier alpha value is -0.980. The lowest BCUT2D eigenvalue weighted by Gasteiger charge is -2.30. The van der Waals surface area contributed by atoms with Crippen molar-refractivity contribution in [2.24, 2.45) is 5.73 Å². The van der Waals surface area contributed by atoms with Gasteiger partial charge in [0, 0.05) is 18.2 Å². The van der Waals surface area contributed by atoms with Crippen LogP contribution < -0.4 is 5.73 Å². The second-order valence-electron chi connectivity index (χ2n) is 4.53. The van der Waals surface area contributed by atoms with E-state index in [0.29, 0.717) is 5.56 Å². The van der Waals surface area contributed by atoms with Crippen LogP contribution in [0.3, 0.4) is 0 Å². The van der Waals surface area contributed by atoms with E-state index in [1.54, 1.807) is 6.07 Å². The second kappa shape index (κ2) is 5.77. The first-order valence-electron chi connectivity index (χ1n) is 5.58. The molecule has 0 bridgehead atoms. The van der Waals surface area contributed by atoms with E-state index in [2.05, 4.69) is 0 Å². The van der Waals surface area contributed by atoms with Gasteiger partial charge in [-0.3, -0.25) is 0 Å². The first kappa shape index (κ1) is 15.1. The highest BCUT2D eigenvalue weighted by molar-refractivity contribution is 7.90. The van der Waals surface area contributed by atoms with Crippen molar-refractivity contribution in [1.82, 2.24) is 0 Å². The molecule has 0 heterocycles. The first-order valence-corrected chi connectivity index (χ1v) is 7.64. The minimum atomic E-state index is -3.16. The fraction of sp³-hybridized carbons (Fsp3) is 0.500. The molecular formula is C12H18FNO3S. The van der Waals surface area contributed by atoms with Crippen LogP contribution in [0.4, 0.5) is 4.39 Å². The van der Waals surface area contributed by atoms with Crippen LogP contribution in [-0.4, -0.2) is 38.7 Å². The second-order valence-corrected chi connectivity index (χ2v) is 6.79. The van der Waals surface area contributed by atoms with Gasteiger partial charge in [-0.25, -0.2) is 12.8 Å². The maximum absolute atomic E-state index is 13.2. The molecule has 1 unspecified atom stereocenters. The van der Waals surface area contributed by atoms with Crippen molar-refractivity contribution >= 4 is 9.84 Å². The summed E-state index contributed by atoms with van der Waals surface area (Å²) in [5.74, 6) is -0.528. The van der Waals surface area contributed by atoms with Gasteiger partial charge in [-0.2, -0.15) is 0 Å². The number of sulfone groups is 1. The number of hydrogen-bond donors (Lipinski definition) is 2. The van der Waals surface area contributed by atoms with E-state index < -0.39 is 21.1 Å². The van der Waals surface area contributed by atoms with Gasteiger partial charge >= 0.3 is 0 Å². The molecule has 3 N–H and O–H groups in total. The Bertz CT molecular complexity index is 498. The first-order chi connectivity index (χ1) is 8.33. The molecule has 0 aliphatic heterocycles. The van der Waals surface area contributed by atoms with E-state index in [-0.39, 0.29) is 25.3 Å². The van der Waals surface area contributed by atoms with Crippen LogP contribution >= 0.6 is 0 Å². The van der Waals surface area contributed by atoms with Crippen molar-refractivity contribution in [3.63, 3.8) is 0 Å². The summed E-state index contributed by atoms with van der Waals surface area (Å²) in [7, 11) is -3.16. The molecule has 0 aromatic heterocycles. The summed E-state index contributed by atoms with van der Waals surface area (Å²) in [6.07, 6.45) is 1.29. The van der Waals surface area contributed by atoms with Crippen LogP contribution in [0.5, 0.6) is 0 Å². The van der Waals surface area contributed by atoms with E-state index >= 15 is 0 Å². The monoisotopic (exact) mass is 275 g/mol. The molecule has 6 heteroatoms. The lowest BCUT2D eigenvalue weighted by Crippen LogP contribution is -2.40. The van der Waals surface area contributed by atoms with Crippen LogP contribution in [0.15, 0.2) is 24.3 Å². The van der Waals surface area contributed by atoms with E-state index in [9.17, 15) is 17.9 Å². The number of halogens is 1. The molecule has 0 aliphatic rings. The van der Waals surface area contributed by atoms with E-state index in [4.69, 9.17) is 5.73 Å². The predicted octanol–water partition coefficient (Wildman–Crippen LogP) is 0.449. The van der Waals surface area contributed by atoms with Crippen molar-refractivity contribution in [2.45, 2.75) is 11.8 Å². The smallest absolute Gasteiger partial charge is 0.147 e. The number of aliphatic hydroxyl groups excluding tert-OH is 1. The molecule has 0 saturated carbocycles. The Balaban J connectivity index is 3.07. The van der Waals surface area contributed by atoms with Crippen molar-refractivity contribution < 1.29 is 17.9 Å². The average Bonchev–Trinajstić information content (AvgIpc) is 2.30. The molecule has 0 radical (unpaired) electrons. The van der Waals surface area contributed by atoms with Gasteiger partial charge in [0.15, 0.2) is 0 Å². The molecule has 0 amide bonds. The molecule has 18 heavy (non-hydrogen) atoms.